The minimum atomic E-state index is -1.23. The van der Waals surface area contributed by atoms with E-state index in [1.807, 2.05) is 0 Å². The van der Waals surface area contributed by atoms with Crippen molar-refractivity contribution in [1.82, 2.24) is 19.5 Å². The molecule has 1 fully saturated rings. The predicted octanol–water partition coefficient (Wildman–Crippen LogP) is -1.53. The number of fused-ring (bicyclic) bond motifs is 1. The fraction of sp³-hybridized carbons (Fsp3) is 0.500. The first kappa shape index (κ1) is 17.7. The summed E-state index contributed by atoms with van der Waals surface area (Å²) in [6, 6.07) is 0. The maximum Gasteiger partial charge on any atom is 0.203 e. The van der Waals surface area contributed by atoms with Gasteiger partial charge in [0.05, 0.1) is 26.0 Å². The molecule has 4 atom stereocenters. The molecule has 11 heteroatoms. The number of nitrogens with zero attached hydrogens (tertiary/aromatic N) is 3. The van der Waals surface area contributed by atoms with E-state index in [1.165, 1.54) is 10.9 Å². The third-order valence-corrected chi connectivity index (χ3v) is 4.09. The quantitative estimate of drug-likeness (QED) is 0.279. The highest BCUT2D eigenvalue weighted by Gasteiger charge is 2.43. The van der Waals surface area contributed by atoms with E-state index in [1.54, 1.807) is 0 Å². The van der Waals surface area contributed by atoms with Crippen LogP contribution < -0.4 is 11.1 Å². The monoisotopic (exact) mass is 366 g/mol. The summed E-state index contributed by atoms with van der Waals surface area (Å²) in [4.78, 5) is 11.4. The van der Waals surface area contributed by atoms with Gasteiger partial charge in [-0.2, -0.15) is 0 Å². The van der Waals surface area contributed by atoms with Gasteiger partial charge in [0.2, 0.25) is 5.95 Å². The van der Waals surface area contributed by atoms with Gasteiger partial charge < -0.3 is 36.1 Å². The third-order valence-electron chi connectivity index (χ3n) is 3.81. The van der Waals surface area contributed by atoms with Crippen molar-refractivity contribution >= 4 is 29.3 Å². The summed E-state index contributed by atoms with van der Waals surface area (Å²) in [5.41, 5.74) is 6.18. The Morgan fingerprint density at radius 2 is 2.20 bits per heavy atom. The van der Waals surface area contributed by atoms with Gasteiger partial charge in [-0.3, -0.25) is 4.57 Å². The lowest BCUT2D eigenvalue weighted by atomic mass is 10.1. The lowest BCUT2D eigenvalue weighted by Crippen LogP contribution is -2.33. The van der Waals surface area contributed by atoms with Crippen molar-refractivity contribution in [3.05, 3.63) is 11.0 Å². The van der Waals surface area contributed by atoms with Crippen LogP contribution >= 0.6 is 12.2 Å². The Morgan fingerprint density at radius 3 is 2.88 bits per heavy atom. The Balaban J connectivity index is 1.94. The first-order valence-electron chi connectivity index (χ1n) is 7.55. The van der Waals surface area contributed by atoms with Crippen molar-refractivity contribution in [2.45, 2.75) is 24.5 Å². The fourth-order valence-corrected chi connectivity index (χ4v) is 2.83. The van der Waals surface area contributed by atoms with Gasteiger partial charge in [0.25, 0.3) is 0 Å². The zero-order valence-corrected chi connectivity index (χ0v) is 13.9. The topological polar surface area (TPSA) is 154 Å². The second kappa shape index (κ2) is 7.44. The lowest BCUT2D eigenvalue weighted by Gasteiger charge is -2.17. The summed E-state index contributed by atoms with van der Waals surface area (Å²) in [5.74, 6) is 5.90. The van der Waals surface area contributed by atoms with Crippen molar-refractivity contribution in [1.29, 1.82) is 0 Å². The van der Waals surface area contributed by atoms with Gasteiger partial charge in [-0.1, -0.05) is 24.1 Å². The van der Waals surface area contributed by atoms with E-state index >= 15 is 0 Å². The largest absolute Gasteiger partial charge is 0.394 e. The zero-order valence-electron chi connectivity index (χ0n) is 13.1. The molecule has 0 saturated carbocycles. The molecule has 0 bridgehead atoms. The Hall–Kier alpha value is -2.07. The van der Waals surface area contributed by atoms with Crippen LogP contribution in [0.4, 0.5) is 5.95 Å². The first-order valence-corrected chi connectivity index (χ1v) is 7.96. The minimum absolute atomic E-state index is 0.258. The van der Waals surface area contributed by atoms with E-state index in [9.17, 15) is 15.3 Å². The van der Waals surface area contributed by atoms with Crippen LogP contribution in [-0.2, 0) is 4.74 Å². The van der Waals surface area contributed by atoms with Crippen molar-refractivity contribution in [3.8, 4) is 11.8 Å². The number of nitrogens with one attached hydrogen (secondary N) is 2. The molecule has 0 radical (unpaired) electrons. The molecule has 2 aromatic heterocycles. The Morgan fingerprint density at radius 1 is 1.40 bits per heavy atom. The van der Waals surface area contributed by atoms with Crippen LogP contribution in [0.1, 0.15) is 6.23 Å². The summed E-state index contributed by atoms with van der Waals surface area (Å²) in [5, 5.41) is 32.3. The molecule has 0 aliphatic carbocycles. The predicted molar refractivity (Wildman–Crippen MR) is 91.0 cm³/mol. The van der Waals surface area contributed by atoms with Gasteiger partial charge in [0.1, 0.15) is 29.5 Å². The van der Waals surface area contributed by atoms with Crippen LogP contribution in [0.25, 0.3) is 11.2 Å². The van der Waals surface area contributed by atoms with E-state index in [4.69, 9.17) is 22.7 Å². The molecule has 0 spiro atoms. The van der Waals surface area contributed by atoms with Crippen LogP contribution in [0.3, 0.4) is 0 Å². The van der Waals surface area contributed by atoms with Crippen LogP contribution in [0.15, 0.2) is 6.33 Å². The minimum Gasteiger partial charge on any atom is -0.394 e. The highest BCUT2D eigenvalue weighted by atomic mass is 32.1. The number of hydrogen-bond donors (Lipinski definition) is 6. The van der Waals surface area contributed by atoms with E-state index in [0.717, 1.165) is 0 Å². The number of aromatic nitrogens is 4. The third kappa shape index (κ3) is 3.36. The molecule has 1 saturated heterocycles. The van der Waals surface area contributed by atoms with Crippen molar-refractivity contribution in [2.75, 3.05) is 25.0 Å². The van der Waals surface area contributed by atoms with Crippen LogP contribution in [0.2, 0.25) is 0 Å². The molecule has 2 aromatic rings. The summed E-state index contributed by atoms with van der Waals surface area (Å²) in [6.07, 6.45) is -2.81. The van der Waals surface area contributed by atoms with Gasteiger partial charge in [-0.25, -0.2) is 9.97 Å². The average Bonchev–Trinajstić information content (AvgIpc) is 3.14. The highest BCUT2D eigenvalue weighted by molar-refractivity contribution is 7.71. The van der Waals surface area contributed by atoms with E-state index < -0.39 is 31.1 Å². The fourth-order valence-electron chi connectivity index (χ4n) is 2.59. The molecule has 10 nitrogen and oxygen atoms in total. The van der Waals surface area contributed by atoms with Crippen molar-refractivity contribution in [3.63, 3.8) is 0 Å². The second-order valence-corrected chi connectivity index (χ2v) is 5.77. The summed E-state index contributed by atoms with van der Waals surface area (Å²) < 4.78 is 7.29. The van der Waals surface area contributed by atoms with E-state index in [0.29, 0.717) is 23.7 Å². The number of nitrogens with two attached hydrogens (primary N) is 1. The maximum atomic E-state index is 10.2. The molecule has 134 valence electrons. The second-order valence-electron chi connectivity index (χ2n) is 5.38. The van der Waals surface area contributed by atoms with Gasteiger partial charge in [-0.05, 0) is 0 Å². The summed E-state index contributed by atoms with van der Waals surface area (Å²) in [7, 11) is 0. The number of aromatic amines is 1. The van der Waals surface area contributed by atoms with Gasteiger partial charge in [-0.15, -0.1) is 0 Å². The lowest BCUT2D eigenvalue weighted by molar-refractivity contribution is -0.0511. The summed E-state index contributed by atoms with van der Waals surface area (Å²) >= 11 is 5.23. The Labute approximate surface area is 147 Å². The normalized spacial score (nSPS) is 25.8. The smallest absolute Gasteiger partial charge is 0.203 e. The molecule has 1 aliphatic rings. The molecule has 7 N–H and O–H groups in total. The van der Waals surface area contributed by atoms with E-state index in [2.05, 4.69) is 32.1 Å². The van der Waals surface area contributed by atoms with Gasteiger partial charge in [0, 0.05) is 0 Å². The first-order chi connectivity index (χ1) is 12.1. The molecular weight excluding hydrogens is 348 g/mol. The van der Waals surface area contributed by atoms with Crippen molar-refractivity contribution < 1.29 is 20.1 Å². The summed E-state index contributed by atoms with van der Waals surface area (Å²) in [6.45, 7) is 0.177. The number of H-pyrrole nitrogens is 1. The van der Waals surface area contributed by atoms with Crippen LogP contribution in [0.5, 0.6) is 0 Å². The van der Waals surface area contributed by atoms with Gasteiger partial charge >= 0.3 is 0 Å². The molecule has 0 aromatic carbocycles. The molecule has 25 heavy (non-hydrogen) atoms. The standard InChI is InChI=1S/C14H18N6O4S/c15-3-1-2-4-16-14-18-11-8(12(25)19-14)17-6-20(11)13-10(23)9(22)7(5-21)24-13/h6-7,9-10,13,21-23H,3-5,15H2,(H2,16,18,19,25)/t7-,9-,10-,13-/m1/s1. The van der Waals surface area contributed by atoms with E-state index in [-0.39, 0.29) is 11.2 Å². The number of aliphatic hydroxyl groups excluding tert-OH is 3. The zero-order chi connectivity index (χ0) is 18.0. The Kier molecular flexibility index (Phi) is 5.28. The van der Waals surface area contributed by atoms with Crippen molar-refractivity contribution in [2.24, 2.45) is 5.73 Å². The molecule has 0 unspecified atom stereocenters. The molecule has 3 heterocycles. The highest BCUT2D eigenvalue weighted by Crippen LogP contribution is 2.31. The number of aliphatic hydroxyl groups is 3. The van der Waals surface area contributed by atoms with Gasteiger partial charge in [0.15, 0.2) is 10.9 Å². The number of imidazole rings is 1. The average molecular weight is 366 g/mol. The molecule has 3 rings (SSSR count). The maximum absolute atomic E-state index is 10.2. The number of anilines is 1. The SMILES string of the molecule is NCC#CCNc1nc(=S)c2ncn([C@@H]3O[C@H](CO)[C@@H](O)[C@H]3O)c2[nH]1. The molecule has 1 aliphatic heterocycles. The number of rotatable bonds is 4. The molecule has 0 amide bonds. The van der Waals surface area contributed by atoms with Crippen LogP contribution in [-0.4, -0.2) is 72.8 Å². The Bertz CT molecular complexity index is 872. The molecular formula is C14H18N6O4S. The number of ether oxygens (including phenoxy) is 1. The van der Waals surface area contributed by atoms with Crippen LogP contribution in [0, 0.1) is 16.5 Å². The number of hydrogen-bond acceptors (Lipinski definition) is 9.